The maximum atomic E-state index is 13.6. The van der Waals surface area contributed by atoms with Crippen molar-refractivity contribution in [2.45, 2.75) is 26.0 Å². The van der Waals surface area contributed by atoms with Gasteiger partial charge in [0, 0.05) is 5.02 Å². The molecule has 5 nitrogen and oxygen atoms in total. The van der Waals surface area contributed by atoms with Crippen molar-refractivity contribution in [3.63, 3.8) is 0 Å². The lowest BCUT2D eigenvalue weighted by molar-refractivity contribution is -0.126. The Bertz CT molecular complexity index is 1160. The van der Waals surface area contributed by atoms with E-state index < -0.39 is 18.1 Å². The zero-order valence-electron chi connectivity index (χ0n) is 17.2. The normalized spacial score (nSPS) is 22.9. The Morgan fingerprint density at radius 3 is 2.19 bits per heavy atom. The lowest BCUT2D eigenvalue weighted by Gasteiger charge is -2.29. The van der Waals surface area contributed by atoms with E-state index in [1.807, 2.05) is 74.5 Å². The number of halogens is 1. The highest BCUT2D eigenvalue weighted by atomic mass is 35.5. The number of hydrogen-bond donors (Lipinski definition) is 0. The van der Waals surface area contributed by atoms with Crippen LogP contribution in [0.3, 0.4) is 0 Å². The van der Waals surface area contributed by atoms with E-state index >= 15 is 0 Å². The van der Waals surface area contributed by atoms with Crippen molar-refractivity contribution in [2.24, 2.45) is 5.92 Å². The molecule has 0 N–H and O–H groups in total. The number of rotatable bonds is 3. The van der Waals surface area contributed by atoms with E-state index in [1.54, 1.807) is 17.2 Å². The van der Waals surface area contributed by atoms with Crippen LogP contribution >= 0.6 is 11.6 Å². The number of para-hydroxylation sites is 1. The van der Waals surface area contributed by atoms with Crippen molar-refractivity contribution in [1.82, 2.24) is 0 Å². The van der Waals surface area contributed by atoms with Gasteiger partial charge in [0.2, 0.25) is 5.91 Å². The van der Waals surface area contributed by atoms with Crippen LogP contribution in [0, 0.1) is 19.8 Å². The van der Waals surface area contributed by atoms with Crippen molar-refractivity contribution in [3.8, 4) is 0 Å². The number of benzene rings is 3. The van der Waals surface area contributed by atoms with E-state index in [4.69, 9.17) is 16.4 Å². The molecule has 2 fully saturated rings. The number of amides is 2. The van der Waals surface area contributed by atoms with Crippen LogP contribution in [0.2, 0.25) is 5.02 Å². The molecule has 31 heavy (non-hydrogen) atoms. The second-order valence-electron chi connectivity index (χ2n) is 7.99. The number of aryl methyl sites for hydroxylation is 2. The Hall–Kier alpha value is -3.15. The molecule has 2 aliphatic rings. The van der Waals surface area contributed by atoms with Crippen LogP contribution in [0.5, 0.6) is 0 Å². The Morgan fingerprint density at radius 2 is 1.52 bits per heavy atom. The average molecular weight is 433 g/mol. The molecule has 2 saturated heterocycles. The minimum absolute atomic E-state index is 0.253. The largest absolute Gasteiger partial charge is 0.273 e. The minimum atomic E-state index is -0.880. The summed E-state index contributed by atoms with van der Waals surface area (Å²) in [6.45, 7) is 3.97. The number of carbonyl (C=O) groups excluding carboxylic acids is 2. The van der Waals surface area contributed by atoms with Gasteiger partial charge in [-0.15, -0.1) is 0 Å². The van der Waals surface area contributed by atoms with Crippen LogP contribution < -0.4 is 9.96 Å². The fourth-order valence-corrected chi connectivity index (χ4v) is 4.46. The van der Waals surface area contributed by atoms with Crippen molar-refractivity contribution in [3.05, 3.63) is 94.5 Å². The molecule has 156 valence electrons. The second kappa shape index (κ2) is 7.52. The van der Waals surface area contributed by atoms with Gasteiger partial charge in [-0.2, -0.15) is 0 Å². The molecule has 0 saturated carbocycles. The molecular formula is C25H21ClN2O3. The predicted molar refractivity (Wildman–Crippen MR) is 120 cm³/mol. The van der Waals surface area contributed by atoms with Gasteiger partial charge in [-0.3, -0.25) is 14.4 Å². The summed E-state index contributed by atoms with van der Waals surface area (Å²) in [4.78, 5) is 34.3. The third-order valence-electron chi connectivity index (χ3n) is 6.09. The second-order valence-corrected chi connectivity index (χ2v) is 8.43. The number of imide groups is 1. The molecule has 3 atom stereocenters. The van der Waals surface area contributed by atoms with E-state index in [0.29, 0.717) is 10.7 Å². The first-order valence-corrected chi connectivity index (χ1v) is 10.5. The quantitative estimate of drug-likeness (QED) is 0.546. The lowest BCUT2D eigenvalue weighted by atomic mass is 9.90. The highest BCUT2D eigenvalue weighted by Gasteiger charge is 2.60. The van der Waals surface area contributed by atoms with Crippen LogP contribution in [0.4, 0.5) is 11.4 Å². The smallest absolute Gasteiger partial charge is 0.266 e. The molecular weight excluding hydrogens is 412 g/mol. The molecule has 0 aliphatic carbocycles. The summed E-state index contributed by atoms with van der Waals surface area (Å²) in [6.07, 6.45) is -0.880. The fraction of sp³-hybridized carbons (Fsp3) is 0.200. The van der Waals surface area contributed by atoms with Crippen LogP contribution in [0.15, 0.2) is 72.8 Å². The van der Waals surface area contributed by atoms with Crippen molar-refractivity contribution < 1.29 is 14.4 Å². The molecule has 2 amide bonds. The van der Waals surface area contributed by atoms with Crippen LogP contribution in [0.1, 0.15) is 22.7 Å². The van der Waals surface area contributed by atoms with E-state index in [9.17, 15) is 9.59 Å². The van der Waals surface area contributed by atoms with Gasteiger partial charge in [0.25, 0.3) is 5.91 Å². The summed E-state index contributed by atoms with van der Waals surface area (Å²) in [6, 6.07) is 22.0. The van der Waals surface area contributed by atoms with Gasteiger partial charge in [0.1, 0.15) is 5.92 Å². The maximum absolute atomic E-state index is 13.6. The molecule has 0 radical (unpaired) electrons. The maximum Gasteiger partial charge on any atom is 0.266 e. The molecule has 5 rings (SSSR count). The average Bonchev–Trinajstić information content (AvgIpc) is 3.28. The summed E-state index contributed by atoms with van der Waals surface area (Å²) in [5.74, 6) is -1.25. The summed E-state index contributed by atoms with van der Waals surface area (Å²) in [5, 5.41) is 2.29. The van der Waals surface area contributed by atoms with Crippen LogP contribution in [-0.2, 0) is 14.4 Å². The molecule has 6 heteroatoms. The molecule has 0 unspecified atom stereocenters. The molecule has 3 aromatic carbocycles. The molecule has 0 bridgehead atoms. The van der Waals surface area contributed by atoms with Gasteiger partial charge in [-0.05, 0) is 66.9 Å². The first kappa shape index (κ1) is 19.8. The molecule has 2 aliphatic heterocycles. The van der Waals surface area contributed by atoms with Crippen LogP contribution in [0.25, 0.3) is 0 Å². The number of nitrogens with zero attached hydrogens (tertiary/aromatic N) is 2. The Morgan fingerprint density at radius 1 is 0.806 bits per heavy atom. The van der Waals surface area contributed by atoms with E-state index in [0.717, 1.165) is 22.4 Å². The third-order valence-corrected chi connectivity index (χ3v) is 6.34. The van der Waals surface area contributed by atoms with E-state index in [-0.39, 0.29) is 11.8 Å². The molecule has 0 spiro atoms. The highest BCUT2D eigenvalue weighted by Crippen LogP contribution is 2.47. The summed E-state index contributed by atoms with van der Waals surface area (Å²) in [5.41, 5.74) is 4.36. The zero-order chi connectivity index (χ0) is 21.7. The topological polar surface area (TPSA) is 49.9 Å². The first-order valence-electron chi connectivity index (χ1n) is 10.2. The highest BCUT2D eigenvalue weighted by molar-refractivity contribution is 6.30. The van der Waals surface area contributed by atoms with E-state index in [2.05, 4.69) is 0 Å². The van der Waals surface area contributed by atoms with Crippen molar-refractivity contribution in [1.29, 1.82) is 0 Å². The van der Waals surface area contributed by atoms with Gasteiger partial charge in [-0.1, -0.05) is 48.0 Å². The molecule has 2 heterocycles. The van der Waals surface area contributed by atoms with Gasteiger partial charge < -0.3 is 0 Å². The lowest BCUT2D eigenvalue weighted by Crippen LogP contribution is -2.37. The third kappa shape index (κ3) is 3.21. The number of carbonyl (C=O) groups is 2. The standard InChI is InChI=1S/C25H21ClN2O3/c1-15-8-13-20(14-16(15)2)27-24(29)21-22(17-9-11-18(26)12-10-17)28(31-23(21)25(27)30)19-6-4-3-5-7-19/h3-14,21-23H,1-2H3/t21-,22-,23-/m0/s1. The van der Waals surface area contributed by atoms with E-state index in [1.165, 1.54) is 4.90 Å². The monoisotopic (exact) mass is 432 g/mol. The molecule has 0 aromatic heterocycles. The summed E-state index contributed by atoms with van der Waals surface area (Å²) in [7, 11) is 0. The minimum Gasteiger partial charge on any atom is -0.273 e. The number of hydroxylamine groups is 1. The Balaban J connectivity index is 1.58. The summed E-state index contributed by atoms with van der Waals surface area (Å²) >= 11 is 6.09. The van der Waals surface area contributed by atoms with Gasteiger partial charge in [-0.25, -0.2) is 9.96 Å². The number of hydrogen-bond acceptors (Lipinski definition) is 4. The van der Waals surface area contributed by atoms with Gasteiger partial charge in [0.05, 0.1) is 17.4 Å². The van der Waals surface area contributed by atoms with Crippen molar-refractivity contribution in [2.75, 3.05) is 9.96 Å². The van der Waals surface area contributed by atoms with Gasteiger partial charge >= 0.3 is 0 Å². The van der Waals surface area contributed by atoms with Crippen LogP contribution in [-0.4, -0.2) is 17.9 Å². The number of fused-ring (bicyclic) bond motifs is 1. The Labute approximate surface area is 185 Å². The SMILES string of the molecule is Cc1ccc(N2C(=O)[C@@H]3[C@H](ON(c4ccccc4)[C@H]3c3ccc(Cl)cc3)C2=O)cc1C. The molecule has 3 aromatic rings. The van der Waals surface area contributed by atoms with Crippen molar-refractivity contribution >= 4 is 34.8 Å². The predicted octanol–water partition coefficient (Wildman–Crippen LogP) is 5.01. The summed E-state index contributed by atoms with van der Waals surface area (Å²) < 4.78 is 0. The number of anilines is 2. The Kier molecular flexibility index (Phi) is 4.80. The first-order chi connectivity index (χ1) is 15.0. The fourth-order valence-electron chi connectivity index (χ4n) is 4.33. The van der Waals surface area contributed by atoms with Gasteiger partial charge in [0.15, 0.2) is 6.10 Å². The zero-order valence-corrected chi connectivity index (χ0v) is 17.9.